The fourth-order valence-corrected chi connectivity index (χ4v) is 5.42. The van der Waals surface area contributed by atoms with Crippen molar-refractivity contribution < 1.29 is 9.53 Å². The van der Waals surface area contributed by atoms with Crippen LogP contribution in [0, 0.1) is 6.92 Å². The molecule has 2 N–H and O–H groups in total. The lowest BCUT2D eigenvalue weighted by Crippen LogP contribution is -2.35. The predicted molar refractivity (Wildman–Crippen MR) is 170 cm³/mol. The van der Waals surface area contributed by atoms with Gasteiger partial charge in [0.1, 0.15) is 5.82 Å². The molecule has 1 aliphatic rings. The zero-order valence-corrected chi connectivity index (χ0v) is 25.1. The fourth-order valence-electron chi connectivity index (χ4n) is 5.42. The molecule has 9 heteroatoms. The second-order valence-electron chi connectivity index (χ2n) is 12.0. The Kier molecular flexibility index (Phi) is 7.68. The summed E-state index contributed by atoms with van der Waals surface area (Å²) in [6.45, 7) is 12.4. The Bertz CT molecular complexity index is 1750. The summed E-state index contributed by atoms with van der Waals surface area (Å²) in [6, 6.07) is 21.5. The molecule has 3 aromatic heterocycles. The van der Waals surface area contributed by atoms with Gasteiger partial charge in [-0.3, -0.25) is 14.9 Å². The third-order valence-corrected chi connectivity index (χ3v) is 7.82. The lowest BCUT2D eigenvalue weighted by Gasteiger charge is -2.26. The number of amides is 2. The molecule has 220 valence electrons. The summed E-state index contributed by atoms with van der Waals surface area (Å²) in [5.74, 6) is 0.551. The maximum absolute atomic E-state index is 13.3. The van der Waals surface area contributed by atoms with Crippen LogP contribution in [0.25, 0.3) is 27.6 Å². The quantitative estimate of drug-likeness (QED) is 0.261. The van der Waals surface area contributed by atoms with Crippen molar-refractivity contribution >= 4 is 28.3 Å². The molecule has 9 nitrogen and oxygen atoms in total. The Labute approximate surface area is 251 Å². The van der Waals surface area contributed by atoms with Gasteiger partial charge in [-0.15, -0.1) is 0 Å². The van der Waals surface area contributed by atoms with E-state index in [2.05, 4.69) is 48.9 Å². The smallest absolute Gasteiger partial charge is 0.325 e. The highest BCUT2D eigenvalue weighted by Gasteiger charge is 2.28. The number of primary amides is 1. The van der Waals surface area contributed by atoms with Crippen LogP contribution in [-0.2, 0) is 16.7 Å². The number of pyridine rings is 2. The summed E-state index contributed by atoms with van der Waals surface area (Å²) >= 11 is 0. The first kappa shape index (κ1) is 28.5. The van der Waals surface area contributed by atoms with Gasteiger partial charge >= 0.3 is 6.03 Å². The number of aryl methyl sites for hydroxylation is 1. The first-order valence-corrected chi connectivity index (χ1v) is 14.6. The Hall–Kier alpha value is -4.60. The van der Waals surface area contributed by atoms with Crippen LogP contribution in [0.5, 0.6) is 0 Å². The van der Waals surface area contributed by atoms with E-state index in [4.69, 9.17) is 20.6 Å². The molecule has 6 rings (SSSR count). The summed E-state index contributed by atoms with van der Waals surface area (Å²) in [4.78, 5) is 26.4. The second kappa shape index (κ2) is 11.6. The first-order chi connectivity index (χ1) is 20.7. The molecule has 0 radical (unpaired) electrons. The van der Waals surface area contributed by atoms with E-state index in [-0.39, 0.29) is 5.41 Å². The minimum absolute atomic E-state index is 0.256. The second-order valence-corrected chi connectivity index (χ2v) is 12.0. The highest BCUT2D eigenvalue weighted by atomic mass is 16.5. The van der Waals surface area contributed by atoms with Gasteiger partial charge < -0.3 is 10.5 Å². The summed E-state index contributed by atoms with van der Waals surface area (Å²) < 4.78 is 7.22. The number of urea groups is 1. The maximum Gasteiger partial charge on any atom is 0.325 e. The van der Waals surface area contributed by atoms with Crippen LogP contribution < -0.4 is 10.6 Å². The van der Waals surface area contributed by atoms with Crippen LogP contribution in [0.4, 0.5) is 16.3 Å². The highest BCUT2D eigenvalue weighted by Crippen LogP contribution is 2.39. The number of rotatable bonds is 6. The molecule has 0 saturated carbocycles. The Balaban J connectivity index is 1.43. The molecule has 0 unspecified atom stereocenters. The maximum atomic E-state index is 13.3. The van der Waals surface area contributed by atoms with Crippen molar-refractivity contribution in [2.45, 2.75) is 39.7 Å². The molecule has 0 atom stereocenters. The Morgan fingerprint density at radius 1 is 0.953 bits per heavy atom. The highest BCUT2D eigenvalue weighted by molar-refractivity contribution is 6.10. The van der Waals surface area contributed by atoms with Gasteiger partial charge in [0.2, 0.25) is 0 Å². The largest absolute Gasteiger partial charge is 0.379 e. The molecule has 0 aliphatic carbocycles. The van der Waals surface area contributed by atoms with Crippen LogP contribution in [0.1, 0.15) is 37.9 Å². The van der Waals surface area contributed by atoms with E-state index in [0.717, 1.165) is 77.5 Å². The van der Waals surface area contributed by atoms with E-state index in [1.165, 1.54) is 4.90 Å². The van der Waals surface area contributed by atoms with E-state index < -0.39 is 6.03 Å². The van der Waals surface area contributed by atoms with Crippen molar-refractivity contribution in [3.8, 4) is 16.8 Å². The topological polar surface area (TPSA) is 102 Å². The SMILES string of the molecule is Cc1ccc(-n2nc(C(C)(C)C)cc2N(C(N)=O)c2ccc(-c3ccc(CN4CCOCC4)nc3)c3ccccc23)cn1. The van der Waals surface area contributed by atoms with Crippen LogP contribution >= 0.6 is 0 Å². The van der Waals surface area contributed by atoms with Gasteiger partial charge in [0, 0.05) is 54.0 Å². The molecular weight excluding hydrogens is 538 g/mol. The Morgan fingerprint density at radius 3 is 2.37 bits per heavy atom. The number of anilines is 2. The molecule has 1 fully saturated rings. The van der Waals surface area contributed by atoms with E-state index in [9.17, 15) is 4.79 Å². The number of nitrogens with two attached hydrogens (primary N) is 1. The zero-order chi connectivity index (χ0) is 30.1. The van der Waals surface area contributed by atoms with Gasteiger partial charge in [-0.2, -0.15) is 5.10 Å². The van der Waals surface area contributed by atoms with Crippen molar-refractivity contribution in [1.29, 1.82) is 0 Å². The number of fused-ring (bicyclic) bond motifs is 1. The number of hydrogen-bond donors (Lipinski definition) is 1. The lowest BCUT2D eigenvalue weighted by atomic mass is 9.92. The molecule has 2 amide bonds. The lowest BCUT2D eigenvalue weighted by molar-refractivity contribution is 0.0336. The molecule has 0 bridgehead atoms. The zero-order valence-electron chi connectivity index (χ0n) is 25.1. The summed E-state index contributed by atoms with van der Waals surface area (Å²) in [5, 5.41) is 6.80. The minimum atomic E-state index is -0.603. The van der Waals surface area contributed by atoms with Gasteiger partial charge in [-0.05, 0) is 42.1 Å². The number of ether oxygens (including phenoxy) is 1. The average Bonchev–Trinajstić information content (AvgIpc) is 3.44. The molecule has 2 aromatic carbocycles. The van der Waals surface area contributed by atoms with Gasteiger partial charge in [0.25, 0.3) is 0 Å². The third-order valence-electron chi connectivity index (χ3n) is 7.82. The minimum Gasteiger partial charge on any atom is -0.379 e. The van der Waals surface area contributed by atoms with Gasteiger partial charge in [-0.25, -0.2) is 14.4 Å². The monoisotopic (exact) mass is 575 g/mol. The average molecular weight is 576 g/mol. The number of hydrogen-bond acceptors (Lipinski definition) is 6. The molecule has 1 saturated heterocycles. The molecule has 4 heterocycles. The molecule has 0 spiro atoms. The number of carbonyl (C=O) groups is 1. The van der Waals surface area contributed by atoms with Crippen LogP contribution in [0.2, 0.25) is 0 Å². The summed E-state index contributed by atoms with van der Waals surface area (Å²) in [5.41, 5.74) is 12.1. The van der Waals surface area contributed by atoms with E-state index in [1.54, 1.807) is 10.9 Å². The summed E-state index contributed by atoms with van der Waals surface area (Å²) in [6.07, 6.45) is 3.69. The molecule has 43 heavy (non-hydrogen) atoms. The van der Waals surface area contributed by atoms with E-state index in [1.807, 2.05) is 61.7 Å². The first-order valence-electron chi connectivity index (χ1n) is 14.6. The van der Waals surface area contributed by atoms with Gasteiger partial charge in [-0.1, -0.05) is 57.2 Å². The van der Waals surface area contributed by atoms with Crippen molar-refractivity contribution in [3.63, 3.8) is 0 Å². The van der Waals surface area contributed by atoms with E-state index >= 15 is 0 Å². The predicted octanol–water partition coefficient (Wildman–Crippen LogP) is 6.14. The normalized spacial score (nSPS) is 14.2. The van der Waals surface area contributed by atoms with Crippen molar-refractivity contribution in [3.05, 3.63) is 96.2 Å². The molecule has 1 aliphatic heterocycles. The standard InChI is InChI=1S/C34H37N7O2/c1-23-9-12-26(21-36-23)41-32(19-31(38-41)34(2,3)4)40(33(35)42)30-14-13-27(28-7-5-6-8-29(28)30)24-10-11-25(37-20-24)22-39-15-17-43-18-16-39/h5-14,19-21H,15-18,22H2,1-4H3,(H2,35,42). The number of nitrogens with zero attached hydrogens (tertiary/aromatic N) is 6. The van der Waals surface area contributed by atoms with E-state index in [0.29, 0.717) is 11.5 Å². The number of carbonyl (C=O) groups excluding carboxylic acids is 1. The number of morpholine rings is 1. The number of benzene rings is 2. The summed E-state index contributed by atoms with van der Waals surface area (Å²) in [7, 11) is 0. The van der Waals surface area contributed by atoms with Crippen molar-refractivity contribution in [2.75, 3.05) is 31.2 Å². The van der Waals surface area contributed by atoms with Gasteiger partial charge in [0.15, 0.2) is 0 Å². The van der Waals surface area contributed by atoms with Crippen molar-refractivity contribution in [2.24, 2.45) is 5.73 Å². The van der Waals surface area contributed by atoms with Crippen LogP contribution in [0.3, 0.4) is 0 Å². The molecule has 5 aromatic rings. The van der Waals surface area contributed by atoms with Crippen molar-refractivity contribution in [1.82, 2.24) is 24.6 Å². The Morgan fingerprint density at radius 2 is 1.72 bits per heavy atom. The third kappa shape index (κ3) is 5.86. The van der Waals surface area contributed by atoms with Gasteiger partial charge in [0.05, 0.1) is 42.2 Å². The van der Waals surface area contributed by atoms with Crippen LogP contribution in [-0.4, -0.2) is 57.0 Å². The van der Waals surface area contributed by atoms with Crippen LogP contribution in [0.15, 0.2) is 79.1 Å². The number of aromatic nitrogens is 4. The molecular formula is C34H37N7O2. The fraction of sp³-hybridized carbons (Fsp3) is 0.294.